The quantitative estimate of drug-likeness (QED) is 0.445. The number of allylic oxidation sites excluding steroid dienone is 1. The summed E-state index contributed by atoms with van der Waals surface area (Å²) in [5, 5.41) is 1.06. The average Bonchev–Trinajstić information content (AvgIpc) is 3.08. The van der Waals surface area contributed by atoms with Crippen molar-refractivity contribution < 1.29 is 4.79 Å². The third kappa shape index (κ3) is 2.90. The van der Waals surface area contributed by atoms with E-state index in [2.05, 4.69) is 10.6 Å². The molecule has 130 valence electrons. The zero-order valence-corrected chi connectivity index (χ0v) is 16.5. The van der Waals surface area contributed by atoms with Crippen LogP contribution in [0.3, 0.4) is 0 Å². The van der Waals surface area contributed by atoms with Crippen molar-refractivity contribution in [1.82, 2.24) is 4.57 Å². The first-order valence-electron chi connectivity index (χ1n) is 8.13. The van der Waals surface area contributed by atoms with Crippen molar-refractivity contribution in [3.05, 3.63) is 86.0 Å². The van der Waals surface area contributed by atoms with Gasteiger partial charge in [0.1, 0.15) is 0 Å². The Balaban J connectivity index is 1.76. The molecule has 0 bridgehead atoms. The maximum Gasteiger partial charge on any atom is 0.200 e. The smallest absolute Gasteiger partial charge is 0.200 e. The van der Waals surface area contributed by atoms with Gasteiger partial charge >= 0.3 is 0 Å². The number of Topliss-reactive ketones (excluding diaryl/α,β-unsaturated/α-hetero) is 1. The van der Waals surface area contributed by atoms with Crippen LogP contribution in [0.1, 0.15) is 27.3 Å². The molecule has 26 heavy (non-hydrogen) atoms. The van der Waals surface area contributed by atoms with Crippen molar-refractivity contribution in [2.75, 3.05) is 0 Å². The summed E-state index contributed by atoms with van der Waals surface area (Å²) in [7, 11) is 0. The highest BCUT2D eigenvalue weighted by Gasteiger charge is 2.25. The van der Waals surface area contributed by atoms with Crippen LogP contribution in [0.4, 0.5) is 0 Å². The molecule has 4 rings (SSSR count). The van der Waals surface area contributed by atoms with Gasteiger partial charge in [-0.3, -0.25) is 4.79 Å². The number of benzene rings is 2. The fraction of sp³-hybridized carbons (Fsp3) is 0.0952. The van der Waals surface area contributed by atoms with Gasteiger partial charge in [0.05, 0.1) is 15.0 Å². The van der Waals surface area contributed by atoms with Crippen LogP contribution >= 0.6 is 35.0 Å². The summed E-state index contributed by atoms with van der Waals surface area (Å²) in [6.07, 6.45) is 1.98. The second-order valence-electron chi connectivity index (χ2n) is 6.20. The first-order chi connectivity index (χ1) is 12.5. The van der Waals surface area contributed by atoms with Gasteiger partial charge in [0.15, 0.2) is 0 Å². The van der Waals surface area contributed by atoms with Gasteiger partial charge in [0.25, 0.3) is 0 Å². The number of fused-ring (bicyclic) bond motifs is 1. The van der Waals surface area contributed by atoms with E-state index in [0.29, 0.717) is 10.0 Å². The Morgan fingerprint density at radius 1 is 1.00 bits per heavy atom. The number of hydrogen-bond acceptors (Lipinski definition) is 2. The number of ketones is 1. The maximum atomic E-state index is 12.6. The van der Waals surface area contributed by atoms with Crippen molar-refractivity contribution in [2.45, 2.75) is 18.7 Å². The third-order valence-corrected chi connectivity index (χ3v) is 6.33. The van der Waals surface area contributed by atoms with Gasteiger partial charge in [-0.05, 0) is 61.9 Å². The Labute approximate surface area is 166 Å². The van der Waals surface area contributed by atoms with Gasteiger partial charge in [0.2, 0.25) is 5.78 Å². The lowest BCUT2D eigenvalue weighted by Gasteiger charge is -2.10. The molecule has 0 fully saturated rings. The molecule has 3 aromatic rings. The maximum absolute atomic E-state index is 12.6. The molecule has 1 aliphatic rings. The second-order valence-corrected chi connectivity index (χ2v) is 8.09. The number of hydrogen-bond donors (Lipinski definition) is 0. The molecule has 0 saturated heterocycles. The molecule has 1 aliphatic heterocycles. The predicted octanol–water partition coefficient (Wildman–Crippen LogP) is 6.73. The minimum atomic E-state index is 0.0879. The normalized spacial score (nSPS) is 14.9. The molecule has 0 atom stereocenters. The van der Waals surface area contributed by atoms with Crippen molar-refractivity contribution in [3.8, 4) is 5.69 Å². The van der Waals surface area contributed by atoms with E-state index in [1.165, 1.54) is 11.8 Å². The van der Waals surface area contributed by atoms with E-state index in [4.69, 9.17) is 23.2 Å². The molecule has 0 N–H and O–H groups in total. The van der Waals surface area contributed by atoms with Crippen LogP contribution in [0.15, 0.2) is 58.3 Å². The molecular formula is C21H15Cl2NOS. The highest BCUT2D eigenvalue weighted by atomic mass is 35.5. The zero-order chi connectivity index (χ0) is 18.4. The van der Waals surface area contributed by atoms with E-state index in [-0.39, 0.29) is 5.78 Å². The summed E-state index contributed by atoms with van der Waals surface area (Å²) >= 11 is 13.7. The van der Waals surface area contributed by atoms with E-state index >= 15 is 0 Å². The highest BCUT2D eigenvalue weighted by molar-refractivity contribution is 8.04. The first-order valence-corrected chi connectivity index (χ1v) is 9.70. The summed E-state index contributed by atoms with van der Waals surface area (Å²) in [6, 6.07) is 15.4. The van der Waals surface area contributed by atoms with Gasteiger partial charge in [-0.15, -0.1) is 0 Å². The molecule has 2 aromatic carbocycles. The Hall–Kier alpha value is -1.94. The van der Waals surface area contributed by atoms with Gasteiger partial charge in [0, 0.05) is 27.5 Å². The fourth-order valence-corrected chi connectivity index (χ4v) is 4.57. The molecule has 2 heterocycles. The van der Waals surface area contributed by atoms with Gasteiger partial charge in [-0.1, -0.05) is 47.1 Å². The Morgan fingerprint density at radius 2 is 1.77 bits per heavy atom. The molecule has 0 amide bonds. The summed E-state index contributed by atoms with van der Waals surface area (Å²) in [5.74, 6) is 0.0879. The van der Waals surface area contributed by atoms with E-state index in [1.807, 2.05) is 56.3 Å². The molecule has 0 spiro atoms. The Morgan fingerprint density at radius 3 is 2.50 bits per heavy atom. The third-order valence-electron chi connectivity index (χ3n) is 4.49. The molecule has 0 unspecified atom stereocenters. The molecular weight excluding hydrogens is 385 g/mol. The van der Waals surface area contributed by atoms with Gasteiger partial charge < -0.3 is 4.57 Å². The average molecular weight is 400 g/mol. The number of aromatic nitrogens is 1. The Kier molecular flexibility index (Phi) is 4.47. The highest BCUT2D eigenvalue weighted by Crippen LogP contribution is 2.41. The number of halogens is 2. The van der Waals surface area contributed by atoms with E-state index in [9.17, 15) is 4.79 Å². The van der Waals surface area contributed by atoms with Crippen molar-refractivity contribution >= 4 is 46.8 Å². The van der Waals surface area contributed by atoms with Crippen molar-refractivity contribution in [3.63, 3.8) is 0 Å². The lowest BCUT2D eigenvalue weighted by molar-refractivity contribution is 0.104. The number of thioether (sulfide) groups is 1. The van der Waals surface area contributed by atoms with Gasteiger partial charge in [-0.25, -0.2) is 0 Å². The molecule has 0 aliphatic carbocycles. The van der Waals surface area contributed by atoms with Crippen LogP contribution in [0.2, 0.25) is 10.0 Å². The molecule has 2 nitrogen and oxygen atoms in total. The number of carbonyl (C=O) groups is 1. The monoisotopic (exact) mass is 399 g/mol. The van der Waals surface area contributed by atoms with Crippen LogP contribution < -0.4 is 0 Å². The van der Waals surface area contributed by atoms with E-state index in [0.717, 1.165) is 38.0 Å². The summed E-state index contributed by atoms with van der Waals surface area (Å²) in [5.41, 5.74) is 4.88. The van der Waals surface area contributed by atoms with E-state index in [1.54, 1.807) is 6.07 Å². The van der Waals surface area contributed by atoms with Crippen LogP contribution in [0.25, 0.3) is 11.8 Å². The predicted molar refractivity (Wildman–Crippen MR) is 110 cm³/mol. The van der Waals surface area contributed by atoms with Crippen molar-refractivity contribution in [1.29, 1.82) is 0 Å². The first kappa shape index (κ1) is 17.5. The summed E-state index contributed by atoms with van der Waals surface area (Å²) < 4.78 is 2.12. The lowest BCUT2D eigenvalue weighted by atomic mass is 10.1. The molecule has 1 aromatic heterocycles. The van der Waals surface area contributed by atoms with Crippen LogP contribution in [0.5, 0.6) is 0 Å². The van der Waals surface area contributed by atoms with Crippen LogP contribution in [-0.2, 0) is 0 Å². The van der Waals surface area contributed by atoms with Crippen molar-refractivity contribution in [2.24, 2.45) is 0 Å². The van der Waals surface area contributed by atoms with Crippen LogP contribution in [-0.4, -0.2) is 10.4 Å². The topological polar surface area (TPSA) is 22.0 Å². The lowest BCUT2D eigenvalue weighted by Crippen LogP contribution is -1.99. The van der Waals surface area contributed by atoms with Crippen LogP contribution in [0, 0.1) is 13.8 Å². The van der Waals surface area contributed by atoms with E-state index < -0.39 is 0 Å². The minimum absolute atomic E-state index is 0.0879. The zero-order valence-electron chi connectivity index (χ0n) is 14.2. The SMILES string of the molecule is Cc1cc(/C=C2/Sc3ccccc3C2=O)c(C)n1-c1ccc(Cl)c(Cl)c1. The number of rotatable bonds is 2. The number of aryl methyl sites for hydroxylation is 1. The fourth-order valence-electron chi connectivity index (χ4n) is 3.23. The number of carbonyl (C=O) groups excluding carboxylic acids is 1. The largest absolute Gasteiger partial charge is 0.318 e. The Bertz CT molecular complexity index is 1080. The standard InChI is InChI=1S/C21H15Cl2NOS/c1-12-9-14(10-20-21(25)16-5-3-4-6-19(16)26-20)13(2)24(12)15-7-8-17(22)18(23)11-15/h3-11H,1-2H3/b20-10+. The molecule has 0 saturated carbocycles. The summed E-state index contributed by atoms with van der Waals surface area (Å²) in [4.78, 5) is 14.4. The molecule has 5 heteroatoms. The number of nitrogens with zero attached hydrogens (tertiary/aromatic N) is 1. The van der Waals surface area contributed by atoms with Gasteiger partial charge in [-0.2, -0.15) is 0 Å². The molecule has 0 radical (unpaired) electrons. The summed E-state index contributed by atoms with van der Waals surface area (Å²) in [6.45, 7) is 4.08. The minimum Gasteiger partial charge on any atom is -0.318 e. The second kappa shape index (κ2) is 6.66.